The molecule has 3 aromatic carbocycles. The van der Waals surface area contributed by atoms with Gasteiger partial charge < -0.3 is 10.4 Å². The molecule has 0 saturated carbocycles. The number of aryl methyl sites for hydroxylation is 2. The van der Waals surface area contributed by atoms with Gasteiger partial charge in [0.25, 0.3) is 20.2 Å². The van der Waals surface area contributed by atoms with Crippen LogP contribution in [0.1, 0.15) is 11.1 Å². The van der Waals surface area contributed by atoms with Crippen LogP contribution < -0.4 is 5.32 Å². The summed E-state index contributed by atoms with van der Waals surface area (Å²) in [6, 6.07) is 8.45. The van der Waals surface area contributed by atoms with E-state index in [1.54, 1.807) is 26.1 Å². The highest BCUT2D eigenvalue weighted by molar-refractivity contribution is 7.86. The number of hydrogen-bond donors (Lipinski definition) is 4. The Labute approximate surface area is 178 Å². The van der Waals surface area contributed by atoms with Crippen LogP contribution in [-0.2, 0) is 20.2 Å². The Morgan fingerprint density at radius 2 is 1.48 bits per heavy atom. The summed E-state index contributed by atoms with van der Waals surface area (Å²) in [5.74, 6) is -0.531. The Hall–Kier alpha value is -3.06. The molecule has 0 fully saturated rings. The quantitative estimate of drug-likeness (QED) is 0.323. The minimum Gasteiger partial charge on any atom is -0.505 e. The number of aromatic hydroxyl groups is 1. The van der Waals surface area contributed by atoms with E-state index >= 15 is 0 Å². The molecule has 0 saturated heterocycles. The highest BCUT2D eigenvalue weighted by Gasteiger charge is 2.22. The molecule has 0 radical (unpaired) electrons. The first-order chi connectivity index (χ1) is 14.3. The van der Waals surface area contributed by atoms with E-state index in [9.17, 15) is 31.0 Å². The van der Waals surface area contributed by atoms with Crippen LogP contribution in [0.15, 0.2) is 56.4 Å². The van der Waals surface area contributed by atoms with Gasteiger partial charge in [0.15, 0.2) is 5.75 Å². The molecule has 4 N–H and O–H groups in total. The van der Waals surface area contributed by atoms with E-state index in [-0.39, 0.29) is 21.5 Å². The molecule has 3 aromatic rings. The molecular formula is C19H19N3O7S2. The van der Waals surface area contributed by atoms with Crippen LogP contribution in [0.5, 0.6) is 5.75 Å². The molecule has 0 heterocycles. The third-order valence-electron chi connectivity index (χ3n) is 4.65. The maximum atomic E-state index is 11.9. The summed E-state index contributed by atoms with van der Waals surface area (Å²) in [7, 11) is -7.65. The van der Waals surface area contributed by atoms with Crippen LogP contribution in [-0.4, -0.2) is 38.1 Å². The molecule has 0 unspecified atom stereocenters. The molecule has 0 atom stereocenters. The molecular weight excluding hydrogens is 446 g/mol. The maximum absolute atomic E-state index is 11.9. The van der Waals surface area contributed by atoms with E-state index in [0.717, 1.165) is 12.1 Å². The second-order valence-electron chi connectivity index (χ2n) is 6.81. The number of fused-ring (bicyclic) bond motifs is 1. The van der Waals surface area contributed by atoms with Crippen molar-refractivity contribution >= 4 is 48.1 Å². The molecule has 3 rings (SSSR count). The van der Waals surface area contributed by atoms with Crippen molar-refractivity contribution in [2.45, 2.75) is 23.6 Å². The second-order valence-corrected chi connectivity index (χ2v) is 9.59. The molecule has 12 heteroatoms. The van der Waals surface area contributed by atoms with Gasteiger partial charge in [-0.2, -0.15) is 21.9 Å². The molecule has 0 aliphatic carbocycles. The fourth-order valence-corrected chi connectivity index (χ4v) is 4.50. The summed E-state index contributed by atoms with van der Waals surface area (Å²) in [5, 5.41) is 21.8. The number of nitrogens with one attached hydrogen (secondary N) is 1. The predicted molar refractivity (Wildman–Crippen MR) is 115 cm³/mol. The number of phenolic OH excluding ortho intramolecular Hbond substituents is 1. The van der Waals surface area contributed by atoms with Gasteiger partial charge in [0.1, 0.15) is 10.6 Å². The summed E-state index contributed by atoms with van der Waals surface area (Å²) in [6.07, 6.45) is 0. The molecule has 0 spiro atoms. The molecule has 0 amide bonds. The standard InChI is InChI=1S/C19H19N3O7S2/c1-10-6-11(2)16(30(24,25)26)9-15(10)21-22-18-17(31(27,28)29)8-12-7-13(20-3)4-5-14(12)19(18)23/h4-9,20,23H,1-3H3,(H,24,25,26)(H,27,28,29). The van der Waals surface area contributed by atoms with Crippen LogP contribution in [0.25, 0.3) is 10.8 Å². The van der Waals surface area contributed by atoms with Crippen molar-refractivity contribution in [2.24, 2.45) is 10.2 Å². The summed E-state index contributed by atoms with van der Waals surface area (Å²) in [6.45, 7) is 3.10. The molecule has 10 nitrogen and oxygen atoms in total. The highest BCUT2D eigenvalue weighted by atomic mass is 32.2. The second kappa shape index (κ2) is 7.89. The summed E-state index contributed by atoms with van der Waals surface area (Å²) >= 11 is 0. The lowest BCUT2D eigenvalue weighted by atomic mass is 10.1. The van der Waals surface area contributed by atoms with E-state index in [1.807, 2.05) is 0 Å². The van der Waals surface area contributed by atoms with Gasteiger partial charge in [0.2, 0.25) is 0 Å². The van der Waals surface area contributed by atoms with Gasteiger partial charge in [0, 0.05) is 18.1 Å². The zero-order valence-electron chi connectivity index (χ0n) is 16.6. The smallest absolute Gasteiger partial charge is 0.296 e. The van der Waals surface area contributed by atoms with Crippen molar-refractivity contribution in [2.75, 3.05) is 12.4 Å². The van der Waals surface area contributed by atoms with E-state index in [1.165, 1.54) is 19.1 Å². The molecule has 164 valence electrons. The first kappa shape index (κ1) is 22.6. The monoisotopic (exact) mass is 465 g/mol. The van der Waals surface area contributed by atoms with Crippen LogP contribution in [0, 0.1) is 13.8 Å². The number of nitrogens with zero attached hydrogens (tertiary/aromatic N) is 2. The third-order valence-corrected chi connectivity index (χ3v) is 6.51. The number of benzene rings is 3. The minimum absolute atomic E-state index is 0.0181. The van der Waals surface area contributed by atoms with E-state index < -0.39 is 36.6 Å². The topological polar surface area (TPSA) is 166 Å². The van der Waals surface area contributed by atoms with Gasteiger partial charge in [-0.25, -0.2) is 0 Å². The SMILES string of the molecule is CNc1ccc2c(O)c(N=Nc3cc(S(=O)(=O)O)c(C)cc3C)c(S(=O)(=O)O)cc2c1. The first-order valence-corrected chi connectivity index (χ1v) is 11.7. The first-order valence-electron chi connectivity index (χ1n) is 8.78. The molecule has 0 bridgehead atoms. The van der Waals surface area contributed by atoms with Gasteiger partial charge >= 0.3 is 0 Å². The predicted octanol–water partition coefficient (Wildman–Crippen LogP) is 4.11. The van der Waals surface area contributed by atoms with Gasteiger partial charge in [-0.15, -0.1) is 5.11 Å². The lowest BCUT2D eigenvalue weighted by molar-refractivity contribution is 0.472. The fraction of sp³-hybridized carbons (Fsp3) is 0.158. The molecule has 0 aliphatic heterocycles. The zero-order valence-corrected chi connectivity index (χ0v) is 18.3. The number of hydrogen-bond acceptors (Lipinski definition) is 8. The number of phenols is 1. The van der Waals surface area contributed by atoms with Crippen LogP contribution >= 0.6 is 0 Å². The van der Waals surface area contributed by atoms with E-state index in [4.69, 9.17) is 0 Å². The van der Waals surface area contributed by atoms with E-state index in [0.29, 0.717) is 16.6 Å². The van der Waals surface area contributed by atoms with Crippen LogP contribution in [0.2, 0.25) is 0 Å². The third kappa shape index (κ3) is 4.51. The Kier molecular flexibility index (Phi) is 5.76. The Morgan fingerprint density at radius 3 is 2.06 bits per heavy atom. The van der Waals surface area contributed by atoms with Gasteiger partial charge in [-0.1, -0.05) is 6.07 Å². The van der Waals surface area contributed by atoms with Gasteiger partial charge in [-0.3, -0.25) is 9.11 Å². The minimum atomic E-state index is -4.79. The van der Waals surface area contributed by atoms with Crippen LogP contribution in [0.4, 0.5) is 17.1 Å². The van der Waals surface area contributed by atoms with Crippen molar-refractivity contribution < 1.29 is 31.0 Å². The zero-order chi connectivity index (χ0) is 23.1. The van der Waals surface area contributed by atoms with Crippen molar-refractivity contribution in [1.82, 2.24) is 0 Å². The largest absolute Gasteiger partial charge is 0.505 e. The highest BCUT2D eigenvalue weighted by Crippen LogP contribution is 2.42. The fourth-order valence-electron chi connectivity index (χ4n) is 3.11. The van der Waals surface area contributed by atoms with Gasteiger partial charge in [-0.05, 0) is 60.7 Å². The Morgan fingerprint density at radius 1 is 0.839 bits per heavy atom. The summed E-state index contributed by atoms with van der Waals surface area (Å²) < 4.78 is 66.0. The average Bonchev–Trinajstić information content (AvgIpc) is 2.66. The lowest BCUT2D eigenvalue weighted by Gasteiger charge is -2.10. The number of azo groups is 1. The van der Waals surface area contributed by atoms with Crippen molar-refractivity contribution in [3.8, 4) is 5.75 Å². The van der Waals surface area contributed by atoms with E-state index in [2.05, 4.69) is 15.5 Å². The summed E-state index contributed by atoms with van der Waals surface area (Å²) in [4.78, 5) is -1.06. The van der Waals surface area contributed by atoms with Crippen LogP contribution in [0.3, 0.4) is 0 Å². The van der Waals surface area contributed by atoms with Crippen molar-refractivity contribution in [1.29, 1.82) is 0 Å². The number of rotatable bonds is 5. The number of anilines is 1. The van der Waals surface area contributed by atoms with Crippen molar-refractivity contribution in [3.05, 3.63) is 47.5 Å². The Bertz CT molecular complexity index is 1450. The lowest BCUT2D eigenvalue weighted by Crippen LogP contribution is -2.01. The molecule has 0 aliphatic rings. The maximum Gasteiger partial charge on any atom is 0.296 e. The molecule has 31 heavy (non-hydrogen) atoms. The normalized spacial score (nSPS) is 12.5. The Balaban J connectivity index is 2.26. The molecule has 0 aromatic heterocycles. The van der Waals surface area contributed by atoms with Gasteiger partial charge in [0.05, 0.1) is 10.6 Å². The summed E-state index contributed by atoms with van der Waals surface area (Å²) in [5.41, 5.74) is 0.924. The average molecular weight is 466 g/mol. The van der Waals surface area contributed by atoms with Crippen molar-refractivity contribution in [3.63, 3.8) is 0 Å².